The molecule has 4 heteroatoms. The standard InChI is InChI=1S/C11H15BrN2O/c1-9-4-5-10(8-14-9)11(15)13-7-3-2-6-12/h4-5,8H,2-3,6-7H2,1H3,(H,13,15). The molecule has 0 aliphatic rings. The molecule has 1 heterocycles. The molecule has 0 unspecified atom stereocenters. The van der Waals surface area contributed by atoms with Crippen molar-refractivity contribution in [3.8, 4) is 0 Å². The first kappa shape index (κ1) is 12.2. The van der Waals surface area contributed by atoms with Gasteiger partial charge in [0.15, 0.2) is 0 Å². The number of aromatic nitrogens is 1. The van der Waals surface area contributed by atoms with Crippen molar-refractivity contribution < 1.29 is 4.79 Å². The van der Waals surface area contributed by atoms with Crippen molar-refractivity contribution >= 4 is 21.8 Å². The van der Waals surface area contributed by atoms with E-state index >= 15 is 0 Å². The van der Waals surface area contributed by atoms with Crippen molar-refractivity contribution in [2.75, 3.05) is 11.9 Å². The van der Waals surface area contributed by atoms with Crippen LogP contribution in [0.1, 0.15) is 28.9 Å². The van der Waals surface area contributed by atoms with Crippen LogP contribution in [0.15, 0.2) is 18.3 Å². The van der Waals surface area contributed by atoms with Crippen LogP contribution in [0.5, 0.6) is 0 Å². The predicted octanol–water partition coefficient (Wildman–Crippen LogP) is 2.29. The zero-order valence-corrected chi connectivity index (χ0v) is 10.4. The molecule has 82 valence electrons. The Balaban J connectivity index is 2.37. The maximum atomic E-state index is 11.6. The molecule has 1 N–H and O–H groups in total. The lowest BCUT2D eigenvalue weighted by atomic mass is 10.2. The number of hydrogen-bond donors (Lipinski definition) is 1. The van der Waals surface area contributed by atoms with Crippen molar-refractivity contribution in [1.29, 1.82) is 0 Å². The number of pyridine rings is 1. The van der Waals surface area contributed by atoms with Gasteiger partial charge >= 0.3 is 0 Å². The highest BCUT2D eigenvalue weighted by molar-refractivity contribution is 9.09. The zero-order chi connectivity index (χ0) is 11.1. The van der Waals surface area contributed by atoms with E-state index in [-0.39, 0.29) is 5.91 Å². The second-order valence-corrected chi connectivity index (χ2v) is 4.13. The lowest BCUT2D eigenvalue weighted by Gasteiger charge is -2.04. The molecule has 0 aromatic carbocycles. The van der Waals surface area contributed by atoms with E-state index in [0.717, 1.165) is 30.4 Å². The summed E-state index contributed by atoms with van der Waals surface area (Å²) in [6.07, 6.45) is 3.68. The predicted molar refractivity (Wildman–Crippen MR) is 64.3 cm³/mol. The second kappa shape index (κ2) is 6.56. The fraction of sp³-hybridized carbons (Fsp3) is 0.455. The van der Waals surface area contributed by atoms with Gasteiger partial charge in [0.1, 0.15) is 0 Å². The molecule has 0 saturated carbocycles. The number of nitrogens with one attached hydrogen (secondary N) is 1. The molecule has 15 heavy (non-hydrogen) atoms. The van der Waals surface area contributed by atoms with Gasteiger partial charge in [-0.3, -0.25) is 9.78 Å². The van der Waals surface area contributed by atoms with Gasteiger partial charge in [0, 0.05) is 23.8 Å². The number of nitrogens with zero attached hydrogens (tertiary/aromatic N) is 1. The van der Waals surface area contributed by atoms with Crippen LogP contribution in [0.4, 0.5) is 0 Å². The summed E-state index contributed by atoms with van der Waals surface area (Å²) in [4.78, 5) is 15.6. The molecule has 0 bridgehead atoms. The lowest BCUT2D eigenvalue weighted by molar-refractivity contribution is 0.0953. The summed E-state index contributed by atoms with van der Waals surface area (Å²) in [6, 6.07) is 3.63. The molecule has 0 atom stereocenters. The lowest BCUT2D eigenvalue weighted by Crippen LogP contribution is -2.24. The molecular formula is C11H15BrN2O. The molecule has 1 amide bonds. The number of carbonyl (C=O) groups is 1. The van der Waals surface area contributed by atoms with Crippen molar-refractivity contribution in [2.24, 2.45) is 0 Å². The van der Waals surface area contributed by atoms with Gasteiger partial charge in [-0.25, -0.2) is 0 Å². The Kier molecular flexibility index (Phi) is 5.32. The smallest absolute Gasteiger partial charge is 0.252 e. The van der Waals surface area contributed by atoms with Crippen LogP contribution in [0.3, 0.4) is 0 Å². The van der Waals surface area contributed by atoms with E-state index in [4.69, 9.17) is 0 Å². The third kappa shape index (κ3) is 4.42. The van der Waals surface area contributed by atoms with Gasteiger partial charge in [0.05, 0.1) is 5.56 Å². The fourth-order valence-corrected chi connectivity index (χ4v) is 1.52. The van der Waals surface area contributed by atoms with E-state index in [1.54, 1.807) is 12.3 Å². The molecule has 3 nitrogen and oxygen atoms in total. The Morgan fingerprint density at radius 1 is 1.47 bits per heavy atom. The number of halogens is 1. The first-order chi connectivity index (χ1) is 7.24. The number of amides is 1. The number of hydrogen-bond acceptors (Lipinski definition) is 2. The van der Waals surface area contributed by atoms with Crippen LogP contribution >= 0.6 is 15.9 Å². The Bertz CT molecular complexity index is 311. The second-order valence-electron chi connectivity index (χ2n) is 3.34. The topological polar surface area (TPSA) is 42.0 Å². The van der Waals surface area contributed by atoms with E-state index in [0.29, 0.717) is 5.56 Å². The van der Waals surface area contributed by atoms with Crippen molar-refractivity contribution in [2.45, 2.75) is 19.8 Å². The first-order valence-corrected chi connectivity index (χ1v) is 6.13. The molecule has 0 radical (unpaired) electrons. The Hall–Kier alpha value is -0.900. The summed E-state index contributed by atoms with van der Waals surface area (Å²) >= 11 is 3.35. The molecule has 1 aromatic rings. The first-order valence-electron chi connectivity index (χ1n) is 5.01. The highest BCUT2D eigenvalue weighted by Crippen LogP contribution is 1.99. The van der Waals surface area contributed by atoms with Gasteiger partial charge in [0.25, 0.3) is 5.91 Å². The van der Waals surface area contributed by atoms with E-state index in [9.17, 15) is 4.79 Å². The summed E-state index contributed by atoms with van der Waals surface area (Å²) in [5.74, 6) is -0.0444. The number of alkyl halides is 1. The SMILES string of the molecule is Cc1ccc(C(=O)NCCCCBr)cn1. The highest BCUT2D eigenvalue weighted by Gasteiger charge is 2.03. The van der Waals surface area contributed by atoms with Gasteiger partial charge in [0.2, 0.25) is 0 Å². The van der Waals surface area contributed by atoms with Crippen LogP contribution in [-0.4, -0.2) is 22.8 Å². The molecule has 0 spiro atoms. The van der Waals surface area contributed by atoms with Gasteiger partial charge in [-0.2, -0.15) is 0 Å². The van der Waals surface area contributed by atoms with Crippen LogP contribution in [0.2, 0.25) is 0 Å². The Morgan fingerprint density at radius 2 is 2.27 bits per heavy atom. The van der Waals surface area contributed by atoms with Crippen molar-refractivity contribution in [3.05, 3.63) is 29.6 Å². The van der Waals surface area contributed by atoms with Gasteiger partial charge in [-0.1, -0.05) is 15.9 Å². The van der Waals surface area contributed by atoms with Crippen molar-refractivity contribution in [3.63, 3.8) is 0 Å². The van der Waals surface area contributed by atoms with Gasteiger partial charge in [-0.05, 0) is 31.9 Å². The fourth-order valence-electron chi connectivity index (χ4n) is 1.13. The monoisotopic (exact) mass is 270 g/mol. The number of unbranched alkanes of at least 4 members (excludes halogenated alkanes) is 1. The Morgan fingerprint density at radius 3 is 2.87 bits per heavy atom. The Labute approximate surface area is 98.4 Å². The number of carbonyl (C=O) groups excluding carboxylic acids is 1. The van der Waals surface area contributed by atoms with E-state index in [1.165, 1.54) is 0 Å². The molecule has 0 aliphatic heterocycles. The average Bonchev–Trinajstić information content (AvgIpc) is 2.25. The molecule has 0 aliphatic carbocycles. The maximum Gasteiger partial charge on any atom is 0.252 e. The zero-order valence-electron chi connectivity index (χ0n) is 8.79. The number of aryl methyl sites for hydroxylation is 1. The maximum absolute atomic E-state index is 11.6. The molecule has 1 aromatic heterocycles. The minimum absolute atomic E-state index is 0.0444. The van der Waals surface area contributed by atoms with Gasteiger partial charge < -0.3 is 5.32 Å². The van der Waals surface area contributed by atoms with Crippen LogP contribution in [0, 0.1) is 6.92 Å². The highest BCUT2D eigenvalue weighted by atomic mass is 79.9. The molecule has 0 fully saturated rings. The van der Waals surface area contributed by atoms with Gasteiger partial charge in [-0.15, -0.1) is 0 Å². The molecule has 0 saturated heterocycles. The largest absolute Gasteiger partial charge is 0.352 e. The number of rotatable bonds is 5. The summed E-state index contributed by atoms with van der Waals surface area (Å²) in [6.45, 7) is 2.62. The van der Waals surface area contributed by atoms with E-state index < -0.39 is 0 Å². The summed E-state index contributed by atoms with van der Waals surface area (Å²) in [7, 11) is 0. The quantitative estimate of drug-likeness (QED) is 0.659. The minimum Gasteiger partial charge on any atom is -0.352 e. The van der Waals surface area contributed by atoms with Crippen LogP contribution < -0.4 is 5.32 Å². The van der Waals surface area contributed by atoms with E-state index in [1.807, 2.05) is 13.0 Å². The van der Waals surface area contributed by atoms with Crippen LogP contribution in [0.25, 0.3) is 0 Å². The minimum atomic E-state index is -0.0444. The third-order valence-electron chi connectivity index (χ3n) is 2.02. The normalized spacial score (nSPS) is 10.0. The third-order valence-corrected chi connectivity index (χ3v) is 2.58. The van der Waals surface area contributed by atoms with Crippen LogP contribution in [-0.2, 0) is 0 Å². The summed E-state index contributed by atoms with van der Waals surface area (Å²) in [5.41, 5.74) is 1.55. The molecular weight excluding hydrogens is 256 g/mol. The summed E-state index contributed by atoms with van der Waals surface area (Å²) in [5, 5.41) is 3.83. The average molecular weight is 271 g/mol. The van der Waals surface area contributed by atoms with E-state index in [2.05, 4.69) is 26.2 Å². The van der Waals surface area contributed by atoms with Crippen molar-refractivity contribution in [1.82, 2.24) is 10.3 Å². The summed E-state index contributed by atoms with van der Waals surface area (Å²) < 4.78 is 0. The molecule has 1 rings (SSSR count).